The topological polar surface area (TPSA) is 52.3 Å². The van der Waals surface area contributed by atoms with Gasteiger partial charge in [0.2, 0.25) is 0 Å². The fourth-order valence-electron chi connectivity index (χ4n) is 6.56. The maximum atomic E-state index is 12.9. The van der Waals surface area contributed by atoms with Crippen LogP contribution in [0.3, 0.4) is 0 Å². The van der Waals surface area contributed by atoms with Gasteiger partial charge in [-0.25, -0.2) is 0 Å². The number of nitrogens with two attached hydrogens (primary N) is 1. The van der Waals surface area contributed by atoms with E-state index in [-0.39, 0.29) is 5.41 Å². The van der Waals surface area contributed by atoms with E-state index in [2.05, 4.69) is 25.1 Å². The number of ketones is 1. The number of carbonyl (C=O) groups excluding carboxylic acids is 1. The van der Waals surface area contributed by atoms with Crippen LogP contribution in [0.5, 0.6) is 5.75 Å². The van der Waals surface area contributed by atoms with Crippen LogP contribution in [0.4, 0.5) is 0 Å². The van der Waals surface area contributed by atoms with Crippen LogP contribution in [-0.2, 0) is 11.2 Å². The summed E-state index contributed by atoms with van der Waals surface area (Å²) in [7, 11) is 1.75. The van der Waals surface area contributed by atoms with Crippen LogP contribution in [0, 0.1) is 23.2 Å². The zero-order chi connectivity index (χ0) is 18.3. The Morgan fingerprint density at radius 1 is 1.27 bits per heavy atom. The summed E-state index contributed by atoms with van der Waals surface area (Å²) in [6, 6.07) is 6.65. The first kappa shape index (κ1) is 18.0. The fraction of sp³-hybridized carbons (Fsp3) is 0.696. The lowest BCUT2D eigenvalue weighted by atomic mass is 9.54. The molecule has 3 nitrogen and oxygen atoms in total. The highest BCUT2D eigenvalue weighted by atomic mass is 16.5. The Hall–Kier alpha value is -1.35. The van der Waals surface area contributed by atoms with E-state index >= 15 is 0 Å². The van der Waals surface area contributed by atoms with Gasteiger partial charge in [-0.05, 0) is 92.0 Å². The van der Waals surface area contributed by atoms with Crippen molar-refractivity contribution in [1.29, 1.82) is 0 Å². The largest absolute Gasteiger partial charge is 0.497 e. The minimum Gasteiger partial charge on any atom is -0.497 e. The predicted molar refractivity (Wildman–Crippen MR) is 104 cm³/mol. The molecule has 0 radical (unpaired) electrons. The average Bonchev–Trinajstić information content (AvgIpc) is 2.91. The average molecular weight is 356 g/mol. The van der Waals surface area contributed by atoms with Gasteiger partial charge in [0, 0.05) is 11.8 Å². The summed E-state index contributed by atoms with van der Waals surface area (Å²) in [6.45, 7) is 3.05. The number of rotatable bonds is 5. The molecule has 3 heteroatoms. The summed E-state index contributed by atoms with van der Waals surface area (Å²) in [6.07, 6.45) is 8.84. The number of unbranched alkanes of at least 4 members (excludes halogenated alkanes) is 1. The molecule has 0 amide bonds. The number of methoxy groups -OCH3 is 1. The molecular weight excluding hydrogens is 322 g/mol. The second kappa shape index (κ2) is 6.99. The van der Waals surface area contributed by atoms with E-state index in [1.807, 2.05) is 0 Å². The lowest BCUT2D eigenvalue weighted by Crippen LogP contribution is -2.44. The summed E-state index contributed by atoms with van der Waals surface area (Å²) in [5.74, 6) is 3.96. The quantitative estimate of drug-likeness (QED) is 0.793. The van der Waals surface area contributed by atoms with Gasteiger partial charge in [-0.2, -0.15) is 0 Å². The van der Waals surface area contributed by atoms with E-state index in [0.717, 1.165) is 44.4 Å². The summed E-state index contributed by atoms with van der Waals surface area (Å²) < 4.78 is 5.43. The Kier molecular flexibility index (Phi) is 4.85. The van der Waals surface area contributed by atoms with E-state index in [1.165, 1.54) is 30.4 Å². The molecule has 0 heterocycles. The van der Waals surface area contributed by atoms with Crippen molar-refractivity contribution < 1.29 is 9.53 Å². The van der Waals surface area contributed by atoms with Crippen LogP contribution in [-0.4, -0.2) is 19.4 Å². The van der Waals surface area contributed by atoms with Crippen molar-refractivity contribution in [2.24, 2.45) is 28.9 Å². The number of carbonyl (C=O) groups is 1. The minimum absolute atomic E-state index is 0.0709. The van der Waals surface area contributed by atoms with Crippen molar-refractivity contribution in [3.63, 3.8) is 0 Å². The van der Waals surface area contributed by atoms with E-state index in [9.17, 15) is 4.79 Å². The van der Waals surface area contributed by atoms with Gasteiger partial charge in [-0.15, -0.1) is 0 Å². The van der Waals surface area contributed by atoms with Crippen LogP contribution < -0.4 is 10.5 Å². The Bertz CT molecular complexity index is 685. The molecular formula is C23H33NO2. The second-order valence-electron chi connectivity index (χ2n) is 9.03. The standard InChI is InChI=1S/C23H33NO2/c1-23-11-10-19-18-9-7-17(26-2)13-15(18)6-8-20(19)22(23)16(14-21(23)25)5-3-4-12-24/h7,9,13,16,19-20,22H,3-6,8,10-12,14,24H2,1-2H3. The molecule has 2 N–H and O–H groups in total. The van der Waals surface area contributed by atoms with Crippen molar-refractivity contribution in [3.8, 4) is 5.75 Å². The van der Waals surface area contributed by atoms with Gasteiger partial charge in [0.25, 0.3) is 0 Å². The van der Waals surface area contributed by atoms with E-state index in [1.54, 1.807) is 7.11 Å². The molecule has 0 aliphatic heterocycles. The molecule has 3 aliphatic rings. The molecule has 2 fully saturated rings. The van der Waals surface area contributed by atoms with Crippen LogP contribution in [0.2, 0.25) is 0 Å². The van der Waals surface area contributed by atoms with Crippen molar-refractivity contribution in [2.75, 3.05) is 13.7 Å². The van der Waals surface area contributed by atoms with Gasteiger partial charge in [-0.3, -0.25) is 4.79 Å². The number of Topliss-reactive ketones (excluding diaryl/α,β-unsaturated/α-hetero) is 1. The van der Waals surface area contributed by atoms with Crippen molar-refractivity contribution in [2.45, 2.75) is 64.2 Å². The number of fused-ring (bicyclic) bond motifs is 5. The van der Waals surface area contributed by atoms with Crippen molar-refractivity contribution in [1.82, 2.24) is 0 Å². The molecule has 1 aromatic rings. The number of aryl methyl sites for hydroxylation is 1. The molecule has 26 heavy (non-hydrogen) atoms. The number of hydrogen-bond acceptors (Lipinski definition) is 3. The zero-order valence-corrected chi connectivity index (χ0v) is 16.3. The highest BCUT2D eigenvalue weighted by Crippen LogP contribution is 2.62. The van der Waals surface area contributed by atoms with E-state index in [4.69, 9.17) is 10.5 Å². The van der Waals surface area contributed by atoms with E-state index < -0.39 is 0 Å². The van der Waals surface area contributed by atoms with E-state index in [0.29, 0.717) is 29.5 Å². The number of ether oxygens (including phenoxy) is 1. The molecule has 2 saturated carbocycles. The third-order valence-electron chi connectivity index (χ3n) is 7.81. The summed E-state index contributed by atoms with van der Waals surface area (Å²) in [4.78, 5) is 12.9. The molecule has 0 aromatic heterocycles. The van der Waals surface area contributed by atoms with Crippen LogP contribution in [0.25, 0.3) is 0 Å². The molecule has 1 aromatic carbocycles. The van der Waals surface area contributed by atoms with Crippen molar-refractivity contribution in [3.05, 3.63) is 29.3 Å². The second-order valence-corrected chi connectivity index (χ2v) is 9.03. The normalized spacial score (nSPS) is 35.6. The predicted octanol–water partition coefficient (Wildman–Crippen LogP) is 4.48. The highest BCUT2D eigenvalue weighted by molar-refractivity contribution is 5.87. The molecule has 0 bridgehead atoms. The van der Waals surface area contributed by atoms with Gasteiger partial charge in [-0.1, -0.05) is 19.4 Å². The van der Waals surface area contributed by atoms with Crippen LogP contribution >= 0.6 is 0 Å². The molecule has 4 rings (SSSR count). The smallest absolute Gasteiger partial charge is 0.139 e. The first-order chi connectivity index (χ1) is 12.6. The van der Waals surface area contributed by atoms with Crippen LogP contribution in [0.1, 0.15) is 68.9 Å². The monoisotopic (exact) mass is 355 g/mol. The summed E-state index contributed by atoms with van der Waals surface area (Å²) in [5, 5.41) is 0. The molecule has 3 aliphatic carbocycles. The Balaban J connectivity index is 1.62. The van der Waals surface area contributed by atoms with Gasteiger partial charge in [0.1, 0.15) is 11.5 Å². The Morgan fingerprint density at radius 3 is 2.88 bits per heavy atom. The maximum absolute atomic E-state index is 12.9. The third kappa shape index (κ3) is 2.79. The lowest BCUT2D eigenvalue weighted by molar-refractivity contribution is -0.129. The molecule has 5 unspecified atom stereocenters. The zero-order valence-electron chi connectivity index (χ0n) is 16.3. The molecule has 142 valence electrons. The Labute approximate surface area is 157 Å². The molecule has 0 spiro atoms. The maximum Gasteiger partial charge on any atom is 0.139 e. The summed E-state index contributed by atoms with van der Waals surface area (Å²) in [5.41, 5.74) is 8.64. The molecule has 5 atom stereocenters. The lowest BCUT2D eigenvalue weighted by Gasteiger charge is -2.50. The van der Waals surface area contributed by atoms with Gasteiger partial charge in [0.15, 0.2) is 0 Å². The first-order valence-corrected chi connectivity index (χ1v) is 10.5. The van der Waals surface area contributed by atoms with Crippen molar-refractivity contribution >= 4 is 5.78 Å². The fourth-order valence-corrected chi connectivity index (χ4v) is 6.56. The summed E-state index contributed by atoms with van der Waals surface area (Å²) >= 11 is 0. The SMILES string of the molecule is COc1ccc2c(c1)CCC1C2CCC2(C)C(=O)CC(CCCCN)C12. The van der Waals surface area contributed by atoms with Gasteiger partial charge >= 0.3 is 0 Å². The number of hydrogen-bond donors (Lipinski definition) is 1. The number of benzene rings is 1. The third-order valence-corrected chi connectivity index (χ3v) is 7.81. The highest BCUT2D eigenvalue weighted by Gasteiger charge is 2.58. The van der Waals surface area contributed by atoms with Gasteiger partial charge in [0.05, 0.1) is 7.11 Å². The molecule has 0 saturated heterocycles. The Morgan fingerprint density at radius 2 is 2.12 bits per heavy atom. The first-order valence-electron chi connectivity index (χ1n) is 10.5. The van der Waals surface area contributed by atoms with Gasteiger partial charge < -0.3 is 10.5 Å². The van der Waals surface area contributed by atoms with Crippen LogP contribution in [0.15, 0.2) is 18.2 Å². The minimum atomic E-state index is -0.0709.